The van der Waals surface area contributed by atoms with Crippen LogP contribution in [0.15, 0.2) is 0 Å². The van der Waals surface area contributed by atoms with Crippen LogP contribution >= 0.6 is 0 Å². The maximum atomic E-state index is 12.6. The normalized spacial score (nSPS) is 16.6. The van der Waals surface area contributed by atoms with Crippen molar-refractivity contribution in [3.05, 3.63) is 0 Å². The molecule has 1 heteroatoms. The van der Waals surface area contributed by atoms with Crippen molar-refractivity contribution in [2.45, 2.75) is 41.5 Å². The van der Waals surface area contributed by atoms with Gasteiger partial charge in [-0.3, -0.25) is 4.39 Å². The lowest BCUT2D eigenvalue weighted by Crippen LogP contribution is -2.33. The predicted molar refractivity (Wildman–Crippen MR) is 48.4 cm³/mol. The van der Waals surface area contributed by atoms with Crippen molar-refractivity contribution in [1.82, 2.24) is 0 Å². The van der Waals surface area contributed by atoms with Gasteiger partial charge in [0.2, 0.25) is 0 Å². The van der Waals surface area contributed by atoms with Gasteiger partial charge in [-0.05, 0) is 16.7 Å². The summed E-state index contributed by atoms with van der Waals surface area (Å²) in [4.78, 5) is 0. The van der Waals surface area contributed by atoms with Crippen molar-refractivity contribution in [3.63, 3.8) is 0 Å². The smallest absolute Gasteiger partial charge is 0.0948 e. The van der Waals surface area contributed by atoms with Crippen LogP contribution in [0.4, 0.5) is 4.39 Å². The third kappa shape index (κ3) is 2.80. The molecule has 1 atom stereocenters. The summed E-state index contributed by atoms with van der Waals surface area (Å²) in [5.74, 6) is 0.403. The van der Waals surface area contributed by atoms with E-state index in [1.807, 2.05) is 13.8 Å². The first-order valence-corrected chi connectivity index (χ1v) is 4.28. The van der Waals surface area contributed by atoms with E-state index in [4.69, 9.17) is 0 Å². The van der Waals surface area contributed by atoms with Crippen LogP contribution in [-0.2, 0) is 0 Å². The molecular weight excluding hydrogens is 139 g/mol. The minimum absolute atomic E-state index is 0.182. The fourth-order valence-electron chi connectivity index (χ4n) is 1.29. The van der Waals surface area contributed by atoms with E-state index in [9.17, 15) is 4.39 Å². The topological polar surface area (TPSA) is 0 Å². The van der Waals surface area contributed by atoms with Gasteiger partial charge >= 0.3 is 0 Å². The molecule has 0 radical (unpaired) electrons. The molecule has 0 fully saturated rings. The lowest BCUT2D eigenvalue weighted by Gasteiger charge is -2.38. The van der Waals surface area contributed by atoms with Crippen LogP contribution in [0.2, 0.25) is 0 Å². The number of hydrogen-bond donors (Lipinski definition) is 0. The monoisotopic (exact) mass is 160 g/mol. The molecule has 0 aliphatic heterocycles. The second kappa shape index (κ2) is 3.12. The summed E-state index contributed by atoms with van der Waals surface area (Å²) in [6.45, 7) is 12.4. The van der Waals surface area contributed by atoms with Gasteiger partial charge in [-0.15, -0.1) is 0 Å². The molecule has 0 aromatic rings. The van der Waals surface area contributed by atoms with E-state index in [0.29, 0.717) is 5.92 Å². The van der Waals surface area contributed by atoms with E-state index in [1.54, 1.807) is 0 Å². The summed E-state index contributed by atoms with van der Waals surface area (Å²) in [6.07, 6.45) is 0. The summed E-state index contributed by atoms with van der Waals surface area (Å²) in [5, 5.41) is 0. The van der Waals surface area contributed by atoms with Crippen LogP contribution < -0.4 is 0 Å². The zero-order valence-electron chi connectivity index (χ0n) is 8.66. The highest BCUT2D eigenvalue weighted by Crippen LogP contribution is 2.39. The highest BCUT2D eigenvalue weighted by molar-refractivity contribution is 4.82. The molecule has 0 heterocycles. The van der Waals surface area contributed by atoms with Crippen molar-refractivity contribution < 1.29 is 4.39 Å². The van der Waals surface area contributed by atoms with Crippen LogP contribution in [0.5, 0.6) is 0 Å². The molecule has 0 bridgehead atoms. The maximum Gasteiger partial charge on any atom is 0.0948 e. The van der Waals surface area contributed by atoms with Gasteiger partial charge in [-0.25, -0.2) is 0 Å². The summed E-state index contributed by atoms with van der Waals surface area (Å²) in [7, 11) is 0. The van der Waals surface area contributed by atoms with Crippen molar-refractivity contribution in [2.75, 3.05) is 6.67 Å². The van der Waals surface area contributed by atoms with Gasteiger partial charge in [0, 0.05) is 0 Å². The average molecular weight is 160 g/mol. The van der Waals surface area contributed by atoms with Gasteiger partial charge in [0.15, 0.2) is 0 Å². The molecule has 0 saturated heterocycles. The highest BCUT2D eigenvalue weighted by Gasteiger charge is 2.34. The molecule has 0 spiro atoms. The predicted octanol–water partition coefficient (Wildman–Crippen LogP) is 3.66. The zero-order valence-corrected chi connectivity index (χ0v) is 8.66. The fourth-order valence-corrected chi connectivity index (χ4v) is 1.29. The first kappa shape index (κ1) is 10.9. The molecule has 0 rings (SSSR count). The number of alkyl halides is 1. The van der Waals surface area contributed by atoms with Crippen LogP contribution in [-0.4, -0.2) is 6.67 Å². The van der Waals surface area contributed by atoms with Crippen molar-refractivity contribution in [3.8, 4) is 0 Å². The van der Waals surface area contributed by atoms with Gasteiger partial charge in [0.25, 0.3) is 0 Å². The highest BCUT2D eigenvalue weighted by atomic mass is 19.1. The Kier molecular flexibility index (Phi) is 3.10. The summed E-state index contributed by atoms with van der Waals surface area (Å²) in [5.41, 5.74) is 0.0217. The Balaban J connectivity index is 4.35. The van der Waals surface area contributed by atoms with Gasteiger partial charge < -0.3 is 0 Å². The molecule has 0 aliphatic carbocycles. The number of halogens is 1. The van der Waals surface area contributed by atoms with E-state index >= 15 is 0 Å². The standard InChI is InChI=1S/C10H21F/c1-8(9(2,3)4)10(5,6)7-11/h8H,7H2,1-6H3. The summed E-state index contributed by atoms with van der Waals surface area (Å²) < 4.78 is 12.6. The molecule has 0 nitrogen and oxygen atoms in total. The van der Waals surface area contributed by atoms with Crippen LogP contribution in [0.1, 0.15) is 41.5 Å². The second-order valence-electron chi connectivity index (χ2n) is 5.21. The summed E-state index contributed by atoms with van der Waals surface area (Å²) >= 11 is 0. The van der Waals surface area contributed by atoms with Gasteiger partial charge in [0.05, 0.1) is 6.67 Å². The number of hydrogen-bond acceptors (Lipinski definition) is 0. The SMILES string of the molecule is CC(C(C)(C)C)C(C)(C)CF. The molecular formula is C10H21F. The molecule has 68 valence electrons. The Morgan fingerprint density at radius 3 is 1.55 bits per heavy atom. The molecule has 0 amide bonds. The largest absolute Gasteiger partial charge is 0.251 e. The molecule has 0 aromatic heterocycles. The third-order valence-corrected chi connectivity index (χ3v) is 2.82. The van der Waals surface area contributed by atoms with Crippen molar-refractivity contribution >= 4 is 0 Å². The minimum atomic E-state index is -0.231. The minimum Gasteiger partial charge on any atom is -0.251 e. The van der Waals surface area contributed by atoms with Crippen molar-refractivity contribution in [1.29, 1.82) is 0 Å². The lowest BCUT2D eigenvalue weighted by atomic mass is 9.67. The van der Waals surface area contributed by atoms with Gasteiger partial charge in [0.1, 0.15) is 0 Å². The lowest BCUT2D eigenvalue weighted by molar-refractivity contribution is 0.0768. The van der Waals surface area contributed by atoms with E-state index < -0.39 is 0 Å². The molecule has 0 N–H and O–H groups in total. The van der Waals surface area contributed by atoms with E-state index in [0.717, 1.165) is 0 Å². The zero-order chi connectivity index (χ0) is 9.28. The molecule has 11 heavy (non-hydrogen) atoms. The average Bonchev–Trinajstić information content (AvgIpc) is 1.84. The quantitative estimate of drug-likeness (QED) is 0.578. The Hall–Kier alpha value is -0.0700. The summed E-state index contributed by atoms with van der Waals surface area (Å²) in [6, 6.07) is 0. The van der Waals surface area contributed by atoms with E-state index in [-0.39, 0.29) is 17.5 Å². The van der Waals surface area contributed by atoms with Crippen LogP contribution in [0.25, 0.3) is 0 Å². The maximum absolute atomic E-state index is 12.6. The third-order valence-electron chi connectivity index (χ3n) is 2.82. The van der Waals surface area contributed by atoms with Crippen LogP contribution in [0.3, 0.4) is 0 Å². The molecule has 0 aromatic carbocycles. The Morgan fingerprint density at radius 2 is 1.45 bits per heavy atom. The van der Waals surface area contributed by atoms with Crippen LogP contribution in [0, 0.1) is 16.7 Å². The first-order valence-electron chi connectivity index (χ1n) is 4.28. The fraction of sp³-hybridized carbons (Fsp3) is 1.00. The molecule has 1 unspecified atom stereocenters. The van der Waals surface area contributed by atoms with E-state index in [1.165, 1.54) is 0 Å². The molecule has 0 aliphatic rings. The Bertz CT molecular complexity index is 119. The van der Waals surface area contributed by atoms with Gasteiger partial charge in [-0.1, -0.05) is 41.5 Å². The van der Waals surface area contributed by atoms with E-state index in [2.05, 4.69) is 27.7 Å². The first-order chi connectivity index (χ1) is 4.72. The van der Waals surface area contributed by atoms with Crippen molar-refractivity contribution in [2.24, 2.45) is 16.7 Å². The second-order valence-corrected chi connectivity index (χ2v) is 5.21. The van der Waals surface area contributed by atoms with Gasteiger partial charge in [-0.2, -0.15) is 0 Å². The Morgan fingerprint density at radius 1 is 1.09 bits per heavy atom. The Labute approximate surface area is 70.2 Å². The number of rotatable bonds is 2. The molecule has 0 saturated carbocycles.